The molecule has 7 heteroatoms. The fraction of sp³-hybridized carbons (Fsp3) is 0.105. The molecule has 224 valence electrons. The van der Waals surface area contributed by atoms with E-state index in [1.54, 1.807) is 36.9 Å². The Balaban J connectivity index is 1.22. The summed E-state index contributed by atoms with van der Waals surface area (Å²) in [5.74, 6) is -2.41. The van der Waals surface area contributed by atoms with Crippen LogP contribution in [0.1, 0.15) is 22.3 Å². The molecule has 0 saturated carbocycles. The van der Waals surface area contributed by atoms with Crippen LogP contribution in [-0.4, -0.2) is 18.4 Å². The van der Waals surface area contributed by atoms with Gasteiger partial charge < -0.3 is 0 Å². The SMILES string of the molecule is Cc1ccc(-c2ccncc2-c2ccc(CS(=O)(=O)Cc3ccc(-c4cnccc4-c4ccc(C)cc4)cc3F)c(F)c2)cc1. The number of benzene rings is 4. The molecule has 6 rings (SSSR count). The first-order valence-electron chi connectivity index (χ1n) is 14.5. The van der Waals surface area contributed by atoms with Gasteiger partial charge in [0.15, 0.2) is 9.84 Å². The fourth-order valence-electron chi connectivity index (χ4n) is 5.41. The average molecular weight is 617 g/mol. The molecule has 0 fully saturated rings. The highest BCUT2D eigenvalue weighted by atomic mass is 32.2. The van der Waals surface area contributed by atoms with Gasteiger partial charge in [0.2, 0.25) is 0 Å². The molecular formula is C38H30F2N2O2S. The van der Waals surface area contributed by atoms with Crippen molar-refractivity contribution in [3.63, 3.8) is 0 Å². The minimum atomic E-state index is -3.90. The Morgan fingerprint density at radius 2 is 0.889 bits per heavy atom. The molecule has 0 unspecified atom stereocenters. The molecule has 0 atom stereocenters. The van der Waals surface area contributed by atoms with Crippen LogP contribution in [0.4, 0.5) is 8.78 Å². The number of halogens is 2. The minimum Gasteiger partial charge on any atom is -0.264 e. The van der Waals surface area contributed by atoms with Gasteiger partial charge >= 0.3 is 0 Å². The Morgan fingerprint density at radius 3 is 1.27 bits per heavy atom. The van der Waals surface area contributed by atoms with E-state index in [-0.39, 0.29) is 11.1 Å². The Labute approximate surface area is 262 Å². The second kappa shape index (κ2) is 12.5. The number of rotatable bonds is 8. The highest BCUT2D eigenvalue weighted by Gasteiger charge is 2.20. The van der Waals surface area contributed by atoms with Gasteiger partial charge in [-0.25, -0.2) is 17.2 Å². The zero-order chi connectivity index (χ0) is 31.6. The maximum absolute atomic E-state index is 15.3. The highest BCUT2D eigenvalue weighted by Crippen LogP contribution is 2.34. The van der Waals surface area contributed by atoms with Gasteiger partial charge in [-0.15, -0.1) is 0 Å². The van der Waals surface area contributed by atoms with Gasteiger partial charge in [0.1, 0.15) is 11.6 Å². The Kier molecular flexibility index (Phi) is 8.37. The first kappa shape index (κ1) is 30.0. The molecule has 4 aromatic carbocycles. The average Bonchev–Trinajstić information content (AvgIpc) is 3.04. The Hall–Kier alpha value is -5.01. The summed E-state index contributed by atoms with van der Waals surface area (Å²) in [6.07, 6.45) is 6.70. The lowest BCUT2D eigenvalue weighted by Gasteiger charge is -2.13. The first-order valence-corrected chi connectivity index (χ1v) is 16.3. The molecule has 2 heterocycles. The number of pyridine rings is 2. The predicted molar refractivity (Wildman–Crippen MR) is 176 cm³/mol. The first-order chi connectivity index (χ1) is 21.7. The monoisotopic (exact) mass is 616 g/mol. The third-order valence-corrected chi connectivity index (χ3v) is 9.35. The quantitative estimate of drug-likeness (QED) is 0.171. The van der Waals surface area contributed by atoms with E-state index < -0.39 is 33.0 Å². The van der Waals surface area contributed by atoms with Crippen LogP contribution in [0.15, 0.2) is 122 Å². The molecule has 4 nitrogen and oxygen atoms in total. The van der Waals surface area contributed by atoms with Crippen LogP contribution in [-0.2, 0) is 21.3 Å². The molecule has 0 spiro atoms. The van der Waals surface area contributed by atoms with Crippen molar-refractivity contribution >= 4 is 9.84 Å². The van der Waals surface area contributed by atoms with Crippen molar-refractivity contribution in [2.75, 3.05) is 0 Å². The molecule has 0 aliphatic heterocycles. The summed E-state index contributed by atoms with van der Waals surface area (Å²) in [5.41, 5.74) is 8.64. The van der Waals surface area contributed by atoms with E-state index >= 15 is 8.78 Å². The molecular weight excluding hydrogens is 586 g/mol. The number of hydrogen-bond donors (Lipinski definition) is 0. The normalized spacial score (nSPS) is 11.5. The summed E-state index contributed by atoms with van der Waals surface area (Å²) >= 11 is 0. The maximum Gasteiger partial charge on any atom is 0.158 e. The van der Waals surface area contributed by atoms with Gasteiger partial charge in [-0.05, 0) is 71.5 Å². The summed E-state index contributed by atoms with van der Waals surface area (Å²) in [5, 5.41) is 0. The van der Waals surface area contributed by atoms with Crippen LogP contribution in [0.25, 0.3) is 44.5 Å². The van der Waals surface area contributed by atoms with E-state index in [9.17, 15) is 8.42 Å². The highest BCUT2D eigenvalue weighted by molar-refractivity contribution is 7.89. The van der Waals surface area contributed by atoms with Crippen LogP contribution < -0.4 is 0 Å². The van der Waals surface area contributed by atoms with E-state index in [1.165, 1.54) is 24.3 Å². The van der Waals surface area contributed by atoms with Crippen molar-refractivity contribution in [1.82, 2.24) is 9.97 Å². The predicted octanol–water partition coefficient (Wildman–Crippen LogP) is 9.15. The second-order valence-corrected chi connectivity index (χ2v) is 13.3. The van der Waals surface area contributed by atoms with E-state index in [1.807, 2.05) is 74.5 Å². The Bertz CT molecular complexity index is 1960. The van der Waals surface area contributed by atoms with Gasteiger partial charge in [0, 0.05) is 47.0 Å². The number of hydrogen-bond acceptors (Lipinski definition) is 4. The van der Waals surface area contributed by atoms with Gasteiger partial charge in [-0.1, -0.05) is 83.9 Å². The van der Waals surface area contributed by atoms with E-state index in [2.05, 4.69) is 9.97 Å². The van der Waals surface area contributed by atoms with Crippen molar-refractivity contribution in [3.05, 3.63) is 156 Å². The summed E-state index contributed by atoms with van der Waals surface area (Å²) in [4.78, 5) is 8.45. The van der Waals surface area contributed by atoms with Crippen molar-refractivity contribution < 1.29 is 17.2 Å². The summed E-state index contributed by atoms with van der Waals surface area (Å²) in [7, 11) is -3.90. The van der Waals surface area contributed by atoms with Crippen LogP contribution >= 0.6 is 0 Å². The lowest BCUT2D eigenvalue weighted by Crippen LogP contribution is -2.10. The van der Waals surface area contributed by atoms with Crippen molar-refractivity contribution in [2.24, 2.45) is 0 Å². The number of aryl methyl sites for hydroxylation is 2. The lowest BCUT2D eigenvalue weighted by molar-refractivity contribution is 0.581. The van der Waals surface area contributed by atoms with Crippen LogP contribution in [0.2, 0.25) is 0 Å². The molecule has 0 aliphatic carbocycles. The minimum absolute atomic E-state index is 0.0228. The molecule has 45 heavy (non-hydrogen) atoms. The zero-order valence-corrected chi connectivity index (χ0v) is 25.7. The van der Waals surface area contributed by atoms with Crippen LogP contribution in [0.5, 0.6) is 0 Å². The smallest absolute Gasteiger partial charge is 0.158 e. The maximum atomic E-state index is 15.3. The number of aromatic nitrogens is 2. The van der Waals surface area contributed by atoms with Crippen LogP contribution in [0, 0.1) is 25.5 Å². The van der Waals surface area contributed by atoms with Gasteiger partial charge in [0.05, 0.1) is 11.5 Å². The molecule has 0 saturated heterocycles. The van der Waals surface area contributed by atoms with E-state index in [4.69, 9.17) is 0 Å². The summed E-state index contributed by atoms with van der Waals surface area (Å²) in [6, 6.07) is 28.7. The third-order valence-electron chi connectivity index (χ3n) is 7.85. The third kappa shape index (κ3) is 6.74. The largest absolute Gasteiger partial charge is 0.264 e. The van der Waals surface area contributed by atoms with Crippen LogP contribution in [0.3, 0.4) is 0 Å². The number of nitrogens with zero attached hydrogens (tertiary/aromatic N) is 2. The molecule has 0 amide bonds. The van der Waals surface area contributed by atoms with Crippen molar-refractivity contribution in [3.8, 4) is 44.5 Å². The number of sulfone groups is 1. The summed E-state index contributed by atoms with van der Waals surface area (Å²) < 4.78 is 57.0. The van der Waals surface area contributed by atoms with Crippen molar-refractivity contribution in [1.29, 1.82) is 0 Å². The van der Waals surface area contributed by atoms with E-state index in [0.29, 0.717) is 11.1 Å². The van der Waals surface area contributed by atoms with Gasteiger partial charge in [0.25, 0.3) is 0 Å². The van der Waals surface area contributed by atoms with Crippen molar-refractivity contribution in [2.45, 2.75) is 25.4 Å². The molecule has 6 aromatic rings. The fourth-order valence-corrected chi connectivity index (χ4v) is 6.93. The second-order valence-electron chi connectivity index (χ2n) is 11.2. The molecule has 0 N–H and O–H groups in total. The molecule has 0 bridgehead atoms. The lowest BCUT2D eigenvalue weighted by atomic mass is 9.95. The molecule has 2 aromatic heterocycles. The van der Waals surface area contributed by atoms with E-state index in [0.717, 1.165) is 44.5 Å². The molecule has 0 aliphatic rings. The Morgan fingerprint density at radius 1 is 0.511 bits per heavy atom. The summed E-state index contributed by atoms with van der Waals surface area (Å²) in [6.45, 7) is 4.01. The molecule has 0 radical (unpaired) electrons. The topological polar surface area (TPSA) is 59.9 Å². The van der Waals surface area contributed by atoms with Gasteiger partial charge in [-0.2, -0.15) is 0 Å². The van der Waals surface area contributed by atoms with Gasteiger partial charge in [-0.3, -0.25) is 9.97 Å². The standard InChI is InChI=1S/C38H30F2N2O2S/c1-25-3-7-27(8-4-25)33-15-17-41-21-35(33)29-11-13-31(37(39)19-29)23-45(43,44)24-32-14-12-30(20-38(32)40)36-22-42-18-16-34(36)28-9-5-26(2)6-10-28/h3-22H,23-24H2,1-2H3. The zero-order valence-electron chi connectivity index (χ0n) is 24.8.